The van der Waals surface area contributed by atoms with Gasteiger partial charge in [-0.2, -0.15) is 12.1 Å². The summed E-state index contributed by atoms with van der Waals surface area (Å²) in [6.07, 6.45) is -4.10. The van der Waals surface area contributed by atoms with Crippen LogP contribution in [0.15, 0.2) is 36.4 Å². The van der Waals surface area contributed by atoms with E-state index in [9.17, 15) is 18.0 Å². The second-order valence-electron chi connectivity index (χ2n) is 5.96. The SMILES string of the molecule is COc1c[c-]cc2c1C(C)N(C(=O)c1ccc(OC(F)(F)F)cc1)CC2.[CH3-].[U+2]. The number of carbonyl (C=O) groups excluding carboxylic acids is 1. The van der Waals surface area contributed by atoms with Gasteiger partial charge in [-0.1, -0.05) is 12.0 Å². The predicted octanol–water partition coefficient (Wildman–Crippen LogP) is 4.60. The summed E-state index contributed by atoms with van der Waals surface area (Å²) in [5, 5.41) is 0. The molecule has 0 bridgehead atoms. The predicted molar refractivity (Wildman–Crippen MR) is 94.5 cm³/mol. The molecule has 0 saturated carbocycles. The van der Waals surface area contributed by atoms with Crippen LogP contribution in [0.25, 0.3) is 0 Å². The molecule has 1 aliphatic heterocycles. The van der Waals surface area contributed by atoms with E-state index in [1.807, 2.05) is 13.0 Å². The van der Waals surface area contributed by atoms with Crippen molar-refractivity contribution in [3.63, 3.8) is 0 Å². The second kappa shape index (κ2) is 9.71. The number of halogens is 3. The Bertz CT molecular complexity index is 795. The van der Waals surface area contributed by atoms with E-state index in [4.69, 9.17) is 4.74 Å². The molecule has 0 radical (unpaired) electrons. The summed E-state index contributed by atoms with van der Waals surface area (Å²) in [4.78, 5) is 14.5. The molecule has 28 heavy (non-hydrogen) atoms. The molecule has 0 spiro atoms. The van der Waals surface area contributed by atoms with Crippen molar-refractivity contribution >= 4 is 5.91 Å². The monoisotopic (exact) mass is 617 g/mol. The molecule has 0 aromatic heterocycles. The standard InChI is InChI=1S/C19H17F3NO3.CH3.U/c1-12-17-13(4-3-5-16(17)25-2)10-11-23(12)18(24)14-6-8-15(9-7-14)26-19(20,21)22;;/h4-9,12H,10-11H2,1-2H3;1H3;/q2*-1;+2. The zero-order valence-corrected chi connectivity index (χ0v) is 19.9. The van der Waals surface area contributed by atoms with Gasteiger partial charge in [0.15, 0.2) is 0 Å². The number of hydrogen-bond donors (Lipinski definition) is 0. The third-order valence-corrected chi connectivity index (χ3v) is 4.41. The summed E-state index contributed by atoms with van der Waals surface area (Å²) >= 11 is 0. The molecule has 1 heterocycles. The number of amides is 1. The van der Waals surface area contributed by atoms with Crippen LogP contribution in [0.3, 0.4) is 0 Å². The molecule has 1 atom stereocenters. The molecule has 3 rings (SSSR count). The summed E-state index contributed by atoms with van der Waals surface area (Å²) in [5.74, 6) is 0.0568. The molecule has 0 fully saturated rings. The van der Waals surface area contributed by atoms with Gasteiger partial charge >= 0.3 is 37.5 Å². The van der Waals surface area contributed by atoms with E-state index in [0.29, 0.717) is 24.3 Å². The van der Waals surface area contributed by atoms with Crippen LogP contribution in [-0.2, 0) is 6.42 Å². The Balaban J connectivity index is 0.00000196. The van der Waals surface area contributed by atoms with Gasteiger partial charge in [-0.05, 0) is 31.2 Å². The summed E-state index contributed by atoms with van der Waals surface area (Å²) in [6.45, 7) is 2.41. The molecule has 1 amide bonds. The first-order chi connectivity index (χ1) is 12.3. The number of methoxy groups -OCH3 is 1. The minimum absolute atomic E-state index is 0. The van der Waals surface area contributed by atoms with E-state index in [1.165, 1.54) is 12.1 Å². The Morgan fingerprint density at radius 3 is 2.43 bits per heavy atom. The number of rotatable bonds is 3. The zero-order chi connectivity index (χ0) is 18.9. The van der Waals surface area contributed by atoms with Gasteiger partial charge in [0.1, 0.15) is 5.75 Å². The number of nitrogens with zero attached hydrogens (tertiary/aromatic N) is 1. The summed E-state index contributed by atoms with van der Waals surface area (Å²) in [5.41, 5.74) is 2.31. The molecule has 4 nitrogen and oxygen atoms in total. The van der Waals surface area contributed by atoms with Crippen LogP contribution in [0.1, 0.15) is 34.5 Å². The normalized spacial score (nSPS) is 15.6. The number of alkyl halides is 3. The summed E-state index contributed by atoms with van der Waals surface area (Å²) < 4.78 is 46.0. The van der Waals surface area contributed by atoms with Crippen molar-refractivity contribution in [1.82, 2.24) is 4.90 Å². The molecule has 1 aliphatic rings. The minimum Gasteiger partial charge on any atom is -0.554 e. The van der Waals surface area contributed by atoms with E-state index in [2.05, 4.69) is 10.8 Å². The van der Waals surface area contributed by atoms with Crippen LogP contribution in [-0.4, -0.2) is 30.8 Å². The Hall–Kier alpha value is -1.65. The van der Waals surface area contributed by atoms with Crippen LogP contribution < -0.4 is 9.47 Å². The molecule has 2 aromatic rings. The fraction of sp³-hybridized carbons (Fsp3) is 0.300. The minimum atomic E-state index is -4.76. The molecular weight excluding hydrogens is 597 g/mol. The van der Waals surface area contributed by atoms with Crippen LogP contribution in [0, 0.1) is 44.6 Å². The van der Waals surface area contributed by atoms with Crippen LogP contribution in [0.2, 0.25) is 0 Å². The fourth-order valence-corrected chi connectivity index (χ4v) is 3.21. The summed E-state index contributed by atoms with van der Waals surface area (Å²) in [6, 6.07) is 11.4. The smallest absolute Gasteiger partial charge is 0.554 e. The van der Waals surface area contributed by atoms with E-state index < -0.39 is 6.36 Å². The molecule has 0 saturated heterocycles. The first kappa shape index (κ1) is 24.4. The molecule has 0 N–H and O–H groups in total. The third kappa shape index (κ3) is 5.24. The molecule has 8 heteroatoms. The van der Waals surface area contributed by atoms with Gasteiger partial charge in [0, 0.05) is 23.9 Å². The largest absolute Gasteiger partial charge is 2.00 e. The maximum Gasteiger partial charge on any atom is 2.00 e. The molecule has 0 aliphatic carbocycles. The fourth-order valence-electron chi connectivity index (χ4n) is 3.21. The van der Waals surface area contributed by atoms with Gasteiger partial charge in [-0.3, -0.25) is 4.79 Å². The second-order valence-corrected chi connectivity index (χ2v) is 5.96. The van der Waals surface area contributed by atoms with Crippen LogP contribution in [0.5, 0.6) is 11.5 Å². The number of ether oxygens (including phenoxy) is 2. The average molecular weight is 617 g/mol. The van der Waals surface area contributed by atoms with Gasteiger partial charge < -0.3 is 21.8 Å². The van der Waals surface area contributed by atoms with Crippen molar-refractivity contribution in [1.29, 1.82) is 0 Å². The van der Waals surface area contributed by atoms with Crippen LogP contribution >= 0.6 is 0 Å². The Morgan fingerprint density at radius 2 is 1.86 bits per heavy atom. The quantitative estimate of drug-likeness (QED) is 0.473. The Morgan fingerprint density at radius 1 is 1.21 bits per heavy atom. The van der Waals surface area contributed by atoms with Gasteiger partial charge in [-0.15, -0.1) is 24.8 Å². The Kier molecular flexibility index (Phi) is 8.46. The van der Waals surface area contributed by atoms with Crippen LogP contribution in [0.4, 0.5) is 13.2 Å². The van der Waals surface area contributed by atoms with Gasteiger partial charge in [0.05, 0.1) is 7.11 Å². The Labute approximate surface area is 186 Å². The first-order valence-electron chi connectivity index (χ1n) is 8.04. The third-order valence-electron chi connectivity index (χ3n) is 4.41. The number of hydrogen-bond acceptors (Lipinski definition) is 3. The topological polar surface area (TPSA) is 38.8 Å². The molecule has 148 valence electrons. The molecular formula is C20H20F3NO3U. The van der Waals surface area contributed by atoms with E-state index in [1.54, 1.807) is 18.1 Å². The van der Waals surface area contributed by atoms with E-state index >= 15 is 0 Å². The van der Waals surface area contributed by atoms with E-state index in [-0.39, 0.29) is 56.2 Å². The van der Waals surface area contributed by atoms with Crippen molar-refractivity contribution in [2.75, 3.05) is 13.7 Å². The molecule has 2 aromatic carbocycles. The molecule has 1 unspecified atom stereocenters. The van der Waals surface area contributed by atoms with Gasteiger partial charge in [-0.25, -0.2) is 0 Å². The first-order valence-corrected chi connectivity index (χ1v) is 8.04. The van der Waals surface area contributed by atoms with Crippen molar-refractivity contribution < 1.29 is 58.6 Å². The number of fused-ring (bicyclic) bond motifs is 1. The van der Waals surface area contributed by atoms with Crippen molar-refractivity contribution in [2.24, 2.45) is 0 Å². The maximum absolute atomic E-state index is 12.8. The van der Waals surface area contributed by atoms with Gasteiger partial charge in [0.2, 0.25) is 0 Å². The van der Waals surface area contributed by atoms with Crippen molar-refractivity contribution in [3.8, 4) is 11.5 Å². The van der Waals surface area contributed by atoms with E-state index in [0.717, 1.165) is 23.3 Å². The number of carbonyl (C=O) groups is 1. The number of benzene rings is 2. The summed E-state index contributed by atoms with van der Waals surface area (Å²) in [7, 11) is 1.57. The van der Waals surface area contributed by atoms with Crippen molar-refractivity contribution in [3.05, 3.63) is 66.6 Å². The van der Waals surface area contributed by atoms with Gasteiger partial charge in [0.25, 0.3) is 5.91 Å². The van der Waals surface area contributed by atoms with Crippen molar-refractivity contribution in [2.45, 2.75) is 25.7 Å². The average Bonchev–Trinajstić information content (AvgIpc) is 2.60. The zero-order valence-electron chi connectivity index (χ0n) is 15.8. The maximum atomic E-state index is 12.8.